The number of hydrogen-bond donors (Lipinski definition) is 0. The Balaban J connectivity index is 2.57. The fourth-order valence-corrected chi connectivity index (χ4v) is 1.86. The molecule has 1 aliphatic rings. The third-order valence-electron chi connectivity index (χ3n) is 2.54. The Labute approximate surface area is 79.3 Å². The predicted molar refractivity (Wildman–Crippen MR) is 52.2 cm³/mol. The second kappa shape index (κ2) is 4.26. The summed E-state index contributed by atoms with van der Waals surface area (Å²) in [6, 6.07) is 0. The third-order valence-corrected chi connectivity index (χ3v) is 2.54. The van der Waals surface area contributed by atoms with Gasteiger partial charge in [-0.1, -0.05) is 12.2 Å². The number of allylic oxidation sites excluding steroid dienone is 1. The average Bonchev–Trinajstić information content (AvgIpc) is 2.46. The van der Waals surface area contributed by atoms with Crippen LogP contribution >= 0.6 is 0 Å². The molecule has 0 aromatic carbocycles. The Morgan fingerprint density at radius 2 is 2.08 bits per heavy atom. The normalized spacial score (nSPS) is 32.5. The number of rotatable bonds is 3. The van der Waals surface area contributed by atoms with Crippen LogP contribution in [0.15, 0.2) is 25.3 Å². The van der Waals surface area contributed by atoms with E-state index in [9.17, 15) is 4.79 Å². The van der Waals surface area contributed by atoms with Crippen LogP contribution < -0.4 is 0 Å². The van der Waals surface area contributed by atoms with Gasteiger partial charge in [0.15, 0.2) is 0 Å². The van der Waals surface area contributed by atoms with Gasteiger partial charge in [0.1, 0.15) is 6.10 Å². The van der Waals surface area contributed by atoms with E-state index in [1.807, 2.05) is 12.2 Å². The minimum absolute atomic E-state index is 0.0120. The summed E-state index contributed by atoms with van der Waals surface area (Å²) in [4.78, 5) is 10.8. The maximum Gasteiger partial charge on any atom is 0.302 e. The van der Waals surface area contributed by atoms with Gasteiger partial charge in [-0.3, -0.25) is 4.79 Å². The molecule has 0 aromatic rings. The minimum Gasteiger partial charge on any atom is -0.462 e. The largest absolute Gasteiger partial charge is 0.462 e. The summed E-state index contributed by atoms with van der Waals surface area (Å²) in [7, 11) is 0. The molecule has 13 heavy (non-hydrogen) atoms. The van der Waals surface area contributed by atoms with Crippen LogP contribution in [0.1, 0.15) is 19.8 Å². The lowest BCUT2D eigenvalue weighted by atomic mass is 10.0. The minimum atomic E-state index is -0.207. The lowest BCUT2D eigenvalue weighted by Crippen LogP contribution is -2.19. The first kappa shape index (κ1) is 10.0. The van der Waals surface area contributed by atoms with E-state index in [2.05, 4.69) is 13.2 Å². The van der Waals surface area contributed by atoms with E-state index >= 15 is 0 Å². The van der Waals surface area contributed by atoms with E-state index < -0.39 is 0 Å². The Morgan fingerprint density at radius 1 is 1.38 bits per heavy atom. The summed E-state index contributed by atoms with van der Waals surface area (Å²) < 4.78 is 5.19. The van der Waals surface area contributed by atoms with Crippen molar-refractivity contribution in [2.75, 3.05) is 0 Å². The van der Waals surface area contributed by atoms with E-state index in [0.29, 0.717) is 11.8 Å². The first-order chi connectivity index (χ1) is 6.17. The molecule has 0 amide bonds. The highest BCUT2D eigenvalue weighted by atomic mass is 16.5. The Kier molecular flexibility index (Phi) is 3.29. The van der Waals surface area contributed by atoms with Crippen LogP contribution in [-0.2, 0) is 9.53 Å². The summed E-state index contributed by atoms with van der Waals surface area (Å²) in [5, 5.41) is 0. The molecular weight excluding hydrogens is 164 g/mol. The van der Waals surface area contributed by atoms with Crippen LogP contribution in [0.25, 0.3) is 0 Å². The maximum atomic E-state index is 10.8. The van der Waals surface area contributed by atoms with Crippen LogP contribution in [0.5, 0.6) is 0 Å². The fourth-order valence-electron chi connectivity index (χ4n) is 1.86. The second-order valence-electron chi connectivity index (χ2n) is 3.51. The monoisotopic (exact) mass is 180 g/mol. The van der Waals surface area contributed by atoms with Crippen molar-refractivity contribution in [1.82, 2.24) is 0 Å². The second-order valence-corrected chi connectivity index (χ2v) is 3.51. The molecule has 1 saturated carbocycles. The van der Waals surface area contributed by atoms with Gasteiger partial charge in [-0.15, -0.1) is 13.2 Å². The molecule has 2 nitrogen and oxygen atoms in total. The van der Waals surface area contributed by atoms with Gasteiger partial charge < -0.3 is 4.74 Å². The van der Waals surface area contributed by atoms with Crippen molar-refractivity contribution in [3.63, 3.8) is 0 Å². The van der Waals surface area contributed by atoms with Crippen molar-refractivity contribution in [3.05, 3.63) is 25.3 Å². The van der Waals surface area contributed by atoms with Crippen LogP contribution in [0.4, 0.5) is 0 Å². The summed E-state index contributed by atoms with van der Waals surface area (Å²) in [5.74, 6) is 0.556. The van der Waals surface area contributed by atoms with E-state index in [4.69, 9.17) is 4.74 Å². The molecule has 0 radical (unpaired) electrons. The van der Waals surface area contributed by atoms with E-state index in [1.165, 1.54) is 6.92 Å². The summed E-state index contributed by atoms with van der Waals surface area (Å²) in [5.41, 5.74) is 0. The number of ether oxygens (including phenoxy) is 1. The zero-order valence-corrected chi connectivity index (χ0v) is 8.03. The van der Waals surface area contributed by atoms with Crippen LogP contribution in [0, 0.1) is 11.8 Å². The third kappa shape index (κ3) is 2.44. The molecule has 72 valence electrons. The van der Waals surface area contributed by atoms with Crippen molar-refractivity contribution >= 4 is 5.97 Å². The molecule has 0 saturated heterocycles. The SMILES string of the molecule is C=CC1CC(C=C)C(OC(C)=O)C1. The molecule has 0 spiro atoms. The van der Waals surface area contributed by atoms with Gasteiger partial charge >= 0.3 is 5.97 Å². The molecule has 0 aromatic heterocycles. The van der Waals surface area contributed by atoms with Gasteiger partial charge in [0.05, 0.1) is 0 Å². The van der Waals surface area contributed by atoms with Gasteiger partial charge in [0, 0.05) is 12.8 Å². The Hall–Kier alpha value is -1.05. The van der Waals surface area contributed by atoms with Crippen LogP contribution in [-0.4, -0.2) is 12.1 Å². The van der Waals surface area contributed by atoms with Crippen molar-refractivity contribution in [3.8, 4) is 0 Å². The highest BCUT2D eigenvalue weighted by Crippen LogP contribution is 2.34. The maximum absolute atomic E-state index is 10.8. The van der Waals surface area contributed by atoms with Gasteiger partial charge in [-0.2, -0.15) is 0 Å². The van der Waals surface area contributed by atoms with Crippen molar-refractivity contribution in [1.29, 1.82) is 0 Å². The van der Waals surface area contributed by atoms with Crippen molar-refractivity contribution < 1.29 is 9.53 Å². The number of carbonyl (C=O) groups excluding carboxylic acids is 1. The lowest BCUT2D eigenvalue weighted by molar-refractivity contribution is -0.147. The molecule has 1 rings (SSSR count). The summed E-state index contributed by atoms with van der Waals surface area (Å²) in [6.07, 6.45) is 5.71. The smallest absolute Gasteiger partial charge is 0.302 e. The highest BCUT2D eigenvalue weighted by Gasteiger charge is 2.32. The van der Waals surface area contributed by atoms with Gasteiger partial charge in [-0.05, 0) is 18.8 Å². The van der Waals surface area contributed by atoms with Crippen molar-refractivity contribution in [2.45, 2.75) is 25.9 Å². The molecule has 0 heterocycles. The van der Waals surface area contributed by atoms with Crippen molar-refractivity contribution in [2.24, 2.45) is 11.8 Å². The molecule has 3 unspecified atom stereocenters. The molecule has 1 fully saturated rings. The summed E-state index contributed by atoms with van der Waals surface area (Å²) in [6.45, 7) is 8.94. The zero-order valence-electron chi connectivity index (χ0n) is 8.03. The summed E-state index contributed by atoms with van der Waals surface area (Å²) >= 11 is 0. The number of carbonyl (C=O) groups is 1. The zero-order chi connectivity index (χ0) is 9.84. The Morgan fingerprint density at radius 3 is 2.54 bits per heavy atom. The quantitative estimate of drug-likeness (QED) is 0.492. The topological polar surface area (TPSA) is 26.3 Å². The number of esters is 1. The Bertz CT molecular complexity index is 220. The van der Waals surface area contributed by atoms with Gasteiger partial charge in [0.25, 0.3) is 0 Å². The van der Waals surface area contributed by atoms with Crippen LogP contribution in [0.2, 0.25) is 0 Å². The molecule has 0 aliphatic heterocycles. The lowest BCUT2D eigenvalue weighted by Gasteiger charge is -2.15. The van der Waals surface area contributed by atoms with Gasteiger partial charge in [0.2, 0.25) is 0 Å². The molecule has 2 heteroatoms. The molecule has 0 N–H and O–H groups in total. The highest BCUT2D eigenvalue weighted by molar-refractivity contribution is 5.66. The molecule has 1 aliphatic carbocycles. The first-order valence-corrected chi connectivity index (χ1v) is 4.59. The average molecular weight is 180 g/mol. The fraction of sp³-hybridized carbons (Fsp3) is 0.545. The standard InChI is InChI=1S/C11H16O2/c1-4-9-6-10(5-2)11(7-9)13-8(3)12/h4-5,9-11H,1-2,6-7H2,3H3. The first-order valence-electron chi connectivity index (χ1n) is 4.59. The predicted octanol–water partition coefficient (Wildman–Crippen LogP) is 2.32. The van der Waals surface area contributed by atoms with E-state index in [1.54, 1.807) is 0 Å². The van der Waals surface area contributed by atoms with E-state index in [0.717, 1.165) is 12.8 Å². The molecule has 3 atom stereocenters. The molecule has 0 bridgehead atoms. The molecular formula is C11H16O2. The van der Waals surface area contributed by atoms with Gasteiger partial charge in [-0.25, -0.2) is 0 Å². The van der Waals surface area contributed by atoms with Crippen LogP contribution in [0.3, 0.4) is 0 Å². The van der Waals surface area contributed by atoms with E-state index in [-0.39, 0.29) is 12.1 Å². The number of hydrogen-bond acceptors (Lipinski definition) is 2.